The van der Waals surface area contributed by atoms with Gasteiger partial charge in [0.15, 0.2) is 0 Å². The van der Waals surface area contributed by atoms with E-state index in [0.29, 0.717) is 17.2 Å². The molecule has 0 aromatic heterocycles. The predicted molar refractivity (Wildman–Crippen MR) is 56.3 cm³/mol. The molecule has 15 heavy (non-hydrogen) atoms. The summed E-state index contributed by atoms with van der Waals surface area (Å²) in [5.74, 6) is -0.277. The molecule has 2 rings (SSSR count). The molecule has 3 heteroatoms. The van der Waals surface area contributed by atoms with Gasteiger partial charge in [0, 0.05) is 18.7 Å². The smallest absolute Gasteiger partial charge is 0.253 e. The first-order valence-electron chi connectivity index (χ1n) is 5.13. The zero-order chi connectivity index (χ0) is 11.0. The summed E-state index contributed by atoms with van der Waals surface area (Å²) < 4.78 is 13.0. The van der Waals surface area contributed by atoms with Gasteiger partial charge in [-0.3, -0.25) is 4.79 Å². The van der Waals surface area contributed by atoms with Crippen LogP contribution < -0.4 is 0 Å². The second kappa shape index (κ2) is 3.65. The van der Waals surface area contributed by atoms with Gasteiger partial charge in [-0.25, -0.2) is 4.39 Å². The van der Waals surface area contributed by atoms with Crippen molar-refractivity contribution in [3.05, 3.63) is 35.1 Å². The van der Waals surface area contributed by atoms with Crippen LogP contribution in [0.5, 0.6) is 0 Å². The predicted octanol–water partition coefficient (Wildman–Crippen LogP) is 2.37. The molecule has 80 valence electrons. The first kappa shape index (κ1) is 10.1. The van der Waals surface area contributed by atoms with Gasteiger partial charge in [0.2, 0.25) is 0 Å². The molecule has 0 aliphatic heterocycles. The molecule has 1 aliphatic carbocycles. The van der Waals surface area contributed by atoms with Gasteiger partial charge >= 0.3 is 0 Å². The molecule has 0 saturated heterocycles. The Balaban J connectivity index is 2.21. The van der Waals surface area contributed by atoms with Crippen molar-refractivity contribution in [2.75, 3.05) is 7.05 Å². The van der Waals surface area contributed by atoms with Crippen molar-refractivity contribution in [1.82, 2.24) is 4.90 Å². The molecule has 0 spiro atoms. The van der Waals surface area contributed by atoms with Crippen LogP contribution in [0.2, 0.25) is 0 Å². The third kappa shape index (κ3) is 2.01. The molecule has 1 fully saturated rings. The van der Waals surface area contributed by atoms with E-state index in [9.17, 15) is 9.18 Å². The molecule has 2 nitrogen and oxygen atoms in total. The molecule has 0 atom stereocenters. The lowest BCUT2D eigenvalue weighted by Crippen LogP contribution is -2.28. The van der Waals surface area contributed by atoms with E-state index in [1.807, 2.05) is 0 Å². The molecule has 0 N–H and O–H groups in total. The first-order chi connectivity index (χ1) is 7.09. The second-order valence-corrected chi connectivity index (χ2v) is 4.11. The lowest BCUT2D eigenvalue weighted by Gasteiger charge is -2.16. The van der Waals surface area contributed by atoms with Gasteiger partial charge in [0.05, 0.1) is 0 Å². The van der Waals surface area contributed by atoms with Gasteiger partial charge in [-0.1, -0.05) is 0 Å². The Kier molecular flexibility index (Phi) is 2.47. The summed E-state index contributed by atoms with van der Waals surface area (Å²) in [7, 11) is 1.80. The lowest BCUT2D eigenvalue weighted by molar-refractivity contribution is 0.0785. The number of hydrogen-bond donors (Lipinski definition) is 0. The van der Waals surface area contributed by atoms with Crippen LogP contribution in [0.3, 0.4) is 0 Å². The van der Waals surface area contributed by atoms with Gasteiger partial charge in [-0.05, 0) is 43.5 Å². The Hall–Kier alpha value is -1.38. The third-order valence-electron chi connectivity index (χ3n) is 2.82. The fourth-order valence-electron chi connectivity index (χ4n) is 1.61. The minimum Gasteiger partial charge on any atom is -0.339 e. The average molecular weight is 207 g/mol. The number of carbonyl (C=O) groups is 1. The summed E-state index contributed by atoms with van der Waals surface area (Å²) in [6.07, 6.45) is 2.17. The highest BCUT2D eigenvalue weighted by molar-refractivity contribution is 5.94. The number of rotatable bonds is 2. The van der Waals surface area contributed by atoms with Crippen LogP contribution in [0.4, 0.5) is 4.39 Å². The molecule has 1 aliphatic rings. The molecular formula is C12H14FNO. The highest BCUT2D eigenvalue weighted by atomic mass is 19.1. The maximum absolute atomic E-state index is 13.0. The van der Waals surface area contributed by atoms with Crippen LogP contribution in [0.1, 0.15) is 28.8 Å². The zero-order valence-corrected chi connectivity index (χ0v) is 8.96. The number of halogens is 1. The maximum Gasteiger partial charge on any atom is 0.253 e. The Bertz CT molecular complexity index is 399. The van der Waals surface area contributed by atoms with Crippen molar-refractivity contribution in [1.29, 1.82) is 0 Å². The summed E-state index contributed by atoms with van der Waals surface area (Å²) in [5.41, 5.74) is 1.09. The van der Waals surface area contributed by atoms with Crippen LogP contribution >= 0.6 is 0 Å². The Morgan fingerprint density at radius 3 is 2.67 bits per heavy atom. The largest absolute Gasteiger partial charge is 0.339 e. The highest BCUT2D eigenvalue weighted by Gasteiger charge is 2.30. The molecule has 1 aromatic carbocycles. The standard InChI is InChI=1S/C12H14FNO/c1-8-7-9(3-6-11(8)13)12(15)14(2)10-4-5-10/h3,6-7,10H,4-5H2,1-2H3. The monoisotopic (exact) mass is 207 g/mol. The summed E-state index contributed by atoms with van der Waals surface area (Å²) in [6.45, 7) is 1.67. The van der Waals surface area contributed by atoms with Crippen LogP contribution in [-0.2, 0) is 0 Å². The average Bonchev–Trinajstić information content (AvgIpc) is 3.03. The van der Waals surface area contributed by atoms with Gasteiger partial charge < -0.3 is 4.90 Å². The number of aryl methyl sites for hydroxylation is 1. The Morgan fingerprint density at radius 2 is 2.13 bits per heavy atom. The molecule has 1 saturated carbocycles. The quantitative estimate of drug-likeness (QED) is 0.729. The van der Waals surface area contributed by atoms with Crippen molar-refractivity contribution in [3.63, 3.8) is 0 Å². The third-order valence-corrected chi connectivity index (χ3v) is 2.82. The first-order valence-corrected chi connectivity index (χ1v) is 5.13. The fourth-order valence-corrected chi connectivity index (χ4v) is 1.61. The highest BCUT2D eigenvalue weighted by Crippen LogP contribution is 2.26. The van der Waals surface area contributed by atoms with Crippen molar-refractivity contribution in [2.24, 2.45) is 0 Å². The topological polar surface area (TPSA) is 20.3 Å². The van der Waals surface area contributed by atoms with Crippen molar-refractivity contribution < 1.29 is 9.18 Å². The fraction of sp³-hybridized carbons (Fsp3) is 0.417. The van der Waals surface area contributed by atoms with E-state index in [1.165, 1.54) is 6.07 Å². The van der Waals surface area contributed by atoms with E-state index < -0.39 is 0 Å². The molecule has 0 radical (unpaired) electrons. The van der Waals surface area contributed by atoms with Crippen LogP contribution in [0.15, 0.2) is 18.2 Å². The minimum absolute atomic E-state index is 0.0133. The Labute approximate surface area is 88.7 Å². The zero-order valence-electron chi connectivity index (χ0n) is 8.96. The van der Waals surface area contributed by atoms with Crippen molar-refractivity contribution in [2.45, 2.75) is 25.8 Å². The van der Waals surface area contributed by atoms with Gasteiger partial charge in [-0.2, -0.15) is 0 Å². The van der Waals surface area contributed by atoms with Crippen LogP contribution in [0.25, 0.3) is 0 Å². The molecular weight excluding hydrogens is 193 g/mol. The summed E-state index contributed by atoms with van der Waals surface area (Å²) >= 11 is 0. The number of carbonyl (C=O) groups excluding carboxylic acids is 1. The van der Waals surface area contributed by atoms with E-state index in [2.05, 4.69) is 0 Å². The van der Waals surface area contributed by atoms with Gasteiger partial charge in [0.1, 0.15) is 5.82 Å². The van der Waals surface area contributed by atoms with Crippen LogP contribution in [-0.4, -0.2) is 23.9 Å². The van der Waals surface area contributed by atoms with Crippen LogP contribution in [0, 0.1) is 12.7 Å². The SMILES string of the molecule is Cc1cc(C(=O)N(C)C2CC2)ccc1F. The van der Waals surface area contributed by atoms with Gasteiger partial charge in [-0.15, -0.1) is 0 Å². The number of nitrogens with zero attached hydrogens (tertiary/aromatic N) is 1. The number of benzene rings is 1. The van der Waals surface area contributed by atoms with E-state index in [1.54, 1.807) is 31.0 Å². The molecule has 1 amide bonds. The normalized spacial score (nSPS) is 15.1. The molecule has 0 heterocycles. The maximum atomic E-state index is 13.0. The minimum atomic E-state index is -0.263. The van der Waals surface area contributed by atoms with Gasteiger partial charge in [0.25, 0.3) is 5.91 Å². The summed E-state index contributed by atoms with van der Waals surface area (Å²) in [5, 5.41) is 0. The number of amides is 1. The van der Waals surface area contributed by atoms with Crippen molar-refractivity contribution >= 4 is 5.91 Å². The molecule has 0 bridgehead atoms. The molecule has 0 unspecified atom stereocenters. The van der Waals surface area contributed by atoms with E-state index in [0.717, 1.165) is 12.8 Å². The lowest BCUT2D eigenvalue weighted by atomic mass is 10.1. The second-order valence-electron chi connectivity index (χ2n) is 4.11. The number of hydrogen-bond acceptors (Lipinski definition) is 1. The summed E-state index contributed by atoms with van der Waals surface area (Å²) in [6, 6.07) is 4.89. The summed E-state index contributed by atoms with van der Waals surface area (Å²) in [4.78, 5) is 13.6. The Morgan fingerprint density at radius 1 is 1.47 bits per heavy atom. The van der Waals surface area contributed by atoms with E-state index in [-0.39, 0.29) is 11.7 Å². The molecule has 1 aromatic rings. The van der Waals surface area contributed by atoms with Crippen molar-refractivity contribution in [3.8, 4) is 0 Å². The van der Waals surface area contributed by atoms with E-state index >= 15 is 0 Å². The van der Waals surface area contributed by atoms with E-state index in [4.69, 9.17) is 0 Å².